The van der Waals surface area contributed by atoms with Gasteiger partial charge in [0.1, 0.15) is 15.9 Å². The molecule has 0 bridgehead atoms. The number of nitrogens with one attached hydrogen (secondary N) is 2. The minimum atomic E-state index is -3.86. The maximum absolute atomic E-state index is 12.4. The molecule has 0 unspecified atom stereocenters. The van der Waals surface area contributed by atoms with Gasteiger partial charge in [0, 0.05) is 5.69 Å². The van der Waals surface area contributed by atoms with Gasteiger partial charge in [0.25, 0.3) is 0 Å². The van der Waals surface area contributed by atoms with Crippen molar-refractivity contribution in [3.63, 3.8) is 0 Å². The average Bonchev–Trinajstić information content (AvgIpc) is 3.09. The maximum Gasteiger partial charge on any atom is 0.243 e. The Labute approximate surface area is 149 Å². The summed E-state index contributed by atoms with van der Waals surface area (Å²) in [7, 11) is -3.86. The Morgan fingerprint density at radius 2 is 1.88 bits per heavy atom. The Morgan fingerprint density at radius 1 is 1.12 bits per heavy atom. The topological polar surface area (TPSA) is 101 Å². The number of hydrogen-bond acceptors (Lipinski definition) is 6. The van der Waals surface area contributed by atoms with E-state index in [1.807, 2.05) is 19.1 Å². The second-order valence-corrected chi connectivity index (χ2v) is 7.58. The Kier molecular flexibility index (Phi) is 5.07. The van der Waals surface area contributed by atoms with E-state index in [1.165, 1.54) is 6.07 Å². The first kappa shape index (κ1) is 17.5. The molecule has 0 fully saturated rings. The van der Waals surface area contributed by atoms with Crippen LogP contribution in [0.4, 0.5) is 5.69 Å². The van der Waals surface area contributed by atoms with Crippen molar-refractivity contribution in [1.29, 1.82) is 0 Å². The number of sulfonamides is 1. The standard InChI is InChI=1S/C16H16N4O3S2/c1-2-11-6-8-12(9-7-11)18-15(21)10-17-25(22,23)14-5-3-4-13-16(14)20-24-19-13/h3-9,17H,2,10H2,1H3,(H,18,21). The number of fused-ring (bicyclic) bond motifs is 1. The first-order valence-electron chi connectivity index (χ1n) is 7.59. The van der Waals surface area contributed by atoms with Gasteiger partial charge < -0.3 is 5.32 Å². The molecule has 1 heterocycles. The highest BCUT2D eigenvalue weighted by Crippen LogP contribution is 2.20. The van der Waals surface area contributed by atoms with Gasteiger partial charge in [-0.25, -0.2) is 13.1 Å². The number of amides is 1. The van der Waals surface area contributed by atoms with E-state index in [4.69, 9.17) is 0 Å². The number of benzene rings is 2. The molecule has 1 amide bonds. The number of nitrogens with zero attached hydrogens (tertiary/aromatic N) is 2. The summed E-state index contributed by atoms with van der Waals surface area (Å²) < 4.78 is 35.2. The van der Waals surface area contributed by atoms with Gasteiger partial charge in [0.15, 0.2) is 0 Å². The number of carbonyl (C=O) groups excluding carboxylic acids is 1. The number of aryl methyl sites for hydroxylation is 1. The molecule has 7 nitrogen and oxygen atoms in total. The minimum absolute atomic E-state index is 0.0128. The molecule has 0 aliphatic heterocycles. The summed E-state index contributed by atoms with van der Waals surface area (Å²) in [6.07, 6.45) is 0.908. The fraction of sp³-hybridized carbons (Fsp3) is 0.188. The second-order valence-electron chi connectivity index (χ2n) is 5.31. The Morgan fingerprint density at radius 3 is 2.60 bits per heavy atom. The first-order valence-corrected chi connectivity index (χ1v) is 9.80. The van der Waals surface area contributed by atoms with Crippen molar-refractivity contribution >= 4 is 44.4 Å². The van der Waals surface area contributed by atoms with Crippen LogP contribution in [-0.4, -0.2) is 29.6 Å². The van der Waals surface area contributed by atoms with Crippen LogP contribution in [0, 0.1) is 0 Å². The molecule has 0 saturated heterocycles. The highest BCUT2D eigenvalue weighted by Gasteiger charge is 2.20. The summed E-state index contributed by atoms with van der Waals surface area (Å²) >= 11 is 0.941. The molecular weight excluding hydrogens is 360 g/mol. The van der Waals surface area contributed by atoms with Crippen molar-refractivity contribution in [3.8, 4) is 0 Å². The predicted molar refractivity (Wildman–Crippen MR) is 97.1 cm³/mol. The summed E-state index contributed by atoms with van der Waals surface area (Å²) in [4.78, 5) is 12.0. The Hall–Kier alpha value is -2.36. The van der Waals surface area contributed by atoms with Crippen molar-refractivity contribution in [3.05, 3.63) is 48.0 Å². The molecule has 0 saturated carbocycles. The van der Waals surface area contributed by atoms with E-state index >= 15 is 0 Å². The molecule has 0 atom stereocenters. The van der Waals surface area contributed by atoms with E-state index in [0.717, 1.165) is 23.7 Å². The monoisotopic (exact) mass is 376 g/mol. The van der Waals surface area contributed by atoms with Gasteiger partial charge in [-0.15, -0.1) is 0 Å². The predicted octanol–water partition coefficient (Wildman–Crippen LogP) is 2.17. The summed E-state index contributed by atoms with van der Waals surface area (Å²) in [5, 5.41) is 2.66. The van der Waals surface area contributed by atoms with Gasteiger partial charge in [-0.05, 0) is 36.2 Å². The number of rotatable bonds is 6. The van der Waals surface area contributed by atoms with E-state index in [9.17, 15) is 13.2 Å². The van der Waals surface area contributed by atoms with Crippen LogP contribution < -0.4 is 10.0 Å². The molecule has 0 spiro atoms. The van der Waals surface area contributed by atoms with Crippen molar-refractivity contribution < 1.29 is 13.2 Å². The third kappa shape index (κ3) is 4.01. The number of carbonyl (C=O) groups is 1. The van der Waals surface area contributed by atoms with Crippen molar-refractivity contribution in [2.24, 2.45) is 0 Å². The van der Waals surface area contributed by atoms with Crippen LogP contribution in [-0.2, 0) is 21.2 Å². The second kappa shape index (κ2) is 7.26. The van der Waals surface area contributed by atoms with E-state index in [1.54, 1.807) is 24.3 Å². The summed E-state index contributed by atoms with van der Waals surface area (Å²) in [5.41, 5.74) is 2.58. The molecule has 3 aromatic rings. The fourth-order valence-corrected chi connectivity index (χ4v) is 4.01. The lowest BCUT2D eigenvalue weighted by Crippen LogP contribution is -2.33. The number of aromatic nitrogens is 2. The SMILES string of the molecule is CCc1ccc(NC(=O)CNS(=O)(=O)c2cccc3nsnc23)cc1. The molecule has 2 N–H and O–H groups in total. The van der Waals surface area contributed by atoms with Crippen LogP contribution in [0.3, 0.4) is 0 Å². The number of hydrogen-bond donors (Lipinski definition) is 2. The zero-order valence-electron chi connectivity index (χ0n) is 13.4. The average molecular weight is 376 g/mol. The first-order chi connectivity index (χ1) is 12.0. The molecule has 0 aliphatic rings. The Balaban J connectivity index is 1.67. The smallest absolute Gasteiger partial charge is 0.243 e. The maximum atomic E-state index is 12.4. The number of anilines is 1. The van der Waals surface area contributed by atoms with Gasteiger partial charge >= 0.3 is 0 Å². The van der Waals surface area contributed by atoms with E-state index in [0.29, 0.717) is 16.7 Å². The summed E-state index contributed by atoms with van der Waals surface area (Å²) in [6.45, 7) is 1.67. The largest absolute Gasteiger partial charge is 0.325 e. The van der Waals surface area contributed by atoms with Crippen LogP contribution in [0.1, 0.15) is 12.5 Å². The third-order valence-corrected chi connectivity index (χ3v) is 5.58. The summed E-state index contributed by atoms with van der Waals surface area (Å²) in [5.74, 6) is -0.448. The molecule has 0 aliphatic carbocycles. The Bertz CT molecular complexity index is 998. The summed E-state index contributed by atoms with van der Waals surface area (Å²) in [6, 6.07) is 12.1. The van der Waals surface area contributed by atoms with Crippen LogP contribution in [0.15, 0.2) is 47.4 Å². The quantitative estimate of drug-likeness (QED) is 0.687. The van der Waals surface area contributed by atoms with Gasteiger partial charge in [-0.2, -0.15) is 8.75 Å². The zero-order valence-corrected chi connectivity index (χ0v) is 15.0. The fourth-order valence-electron chi connectivity index (χ4n) is 2.27. The molecular formula is C16H16N4O3S2. The lowest BCUT2D eigenvalue weighted by molar-refractivity contribution is -0.115. The van der Waals surface area contributed by atoms with Gasteiger partial charge in [0.05, 0.1) is 18.3 Å². The molecule has 9 heteroatoms. The highest BCUT2D eigenvalue weighted by molar-refractivity contribution is 7.89. The zero-order chi connectivity index (χ0) is 17.9. The third-order valence-electron chi connectivity index (χ3n) is 3.61. The van der Waals surface area contributed by atoms with Gasteiger partial charge in [0.2, 0.25) is 15.9 Å². The van der Waals surface area contributed by atoms with Crippen molar-refractivity contribution in [2.45, 2.75) is 18.2 Å². The van der Waals surface area contributed by atoms with Gasteiger partial charge in [-0.1, -0.05) is 25.1 Å². The van der Waals surface area contributed by atoms with Crippen molar-refractivity contribution in [2.75, 3.05) is 11.9 Å². The lowest BCUT2D eigenvalue weighted by Gasteiger charge is -2.08. The van der Waals surface area contributed by atoms with E-state index in [-0.39, 0.29) is 11.4 Å². The molecule has 3 rings (SSSR count). The van der Waals surface area contributed by atoms with Crippen LogP contribution >= 0.6 is 11.7 Å². The van der Waals surface area contributed by atoms with Crippen molar-refractivity contribution in [1.82, 2.24) is 13.5 Å². The normalized spacial score (nSPS) is 11.6. The van der Waals surface area contributed by atoms with Crippen LogP contribution in [0.25, 0.3) is 11.0 Å². The molecule has 25 heavy (non-hydrogen) atoms. The van der Waals surface area contributed by atoms with E-state index < -0.39 is 15.9 Å². The van der Waals surface area contributed by atoms with E-state index in [2.05, 4.69) is 18.8 Å². The van der Waals surface area contributed by atoms with Crippen LogP contribution in [0.5, 0.6) is 0 Å². The highest BCUT2D eigenvalue weighted by atomic mass is 32.2. The van der Waals surface area contributed by atoms with Gasteiger partial charge in [-0.3, -0.25) is 4.79 Å². The molecule has 1 aromatic heterocycles. The molecule has 2 aromatic carbocycles. The minimum Gasteiger partial charge on any atom is -0.325 e. The van der Waals surface area contributed by atoms with Crippen LogP contribution in [0.2, 0.25) is 0 Å². The molecule has 130 valence electrons. The lowest BCUT2D eigenvalue weighted by atomic mass is 10.1. The molecule has 0 radical (unpaired) electrons.